The summed E-state index contributed by atoms with van der Waals surface area (Å²) in [6.45, 7) is 0.559. The topological polar surface area (TPSA) is 72.9 Å². The SMILES string of the molecule is Nc1nc2c(F)cccc2n1CCCC(=O)NC1CC1. The third kappa shape index (κ3) is 2.59. The van der Waals surface area contributed by atoms with Crippen molar-refractivity contribution in [2.45, 2.75) is 38.3 Å². The molecule has 1 amide bonds. The number of carbonyl (C=O) groups is 1. The van der Waals surface area contributed by atoms with Crippen LogP contribution in [0.2, 0.25) is 0 Å². The van der Waals surface area contributed by atoms with Crippen LogP contribution in [0, 0.1) is 5.82 Å². The van der Waals surface area contributed by atoms with E-state index in [4.69, 9.17) is 5.73 Å². The summed E-state index contributed by atoms with van der Waals surface area (Å²) in [4.78, 5) is 15.6. The molecule has 20 heavy (non-hydrogen) atoms. The van der Waals surface area contributed by atoms with Crippen molar-refractivity contribution in [2.24, 2.45) is 0 Å². The maximum Gasteiger partial charge on any atom is 0.220 e. The Morgan fingerprint density at radius 2 is 2.30 bits per heavy atom. The van der Waals surface area contributed by atoms with Crippen LogP contribution in [0.5, 0.6) is 0 Å². The number of nitrogens with zero attached hydrogens (tertiary/aromatic N) is 2. The number of benzene rings is 1. The van der Waals surface area contributed by atoms with Gasteiger partial charge in [0.05, 0.1) is 5.52 Å². The normalized spacial score (nSPS) is 14.7. The first-order valence-electron chi connectivity index (χ1n) is 6.85. The number of nitrogens with one attached hydrogen (secondary N) is 1. The van der Waals surface area contributed by atoms with Gasteiger partial charge in [-0.2, -0.15) is 0 Å². The number of carbonyl (C=O) groups excluding carboxylic acids is 1. The fourth-order valence-electron chi connectivity index (χ4n) is 2.29. The molecule has 1 aromatic heterocycles. The summed E-state index contributed by atoms with van der Waals surface area (Å²) >= 11 is 0. The Hall–Kier alpha value is -2.11. The minimum atomic E-state index is -0.376. The number of fused-ring (bicyclic) bond motifs is 1. The number of aromatic nitrogens is 2. The molecule has 1 fully saturated rings. The first-order valence-corrected chi connectivity index (χ1v) is 6.85. The molecular formula is C14H17FN4O. The first-order chi connectivity index (χ1) is 9.65. The molecule has 1 saturated carbocycles. The van der Waals surface area contributed by atoms with Crippen molar-refractivity contribution in [3.8, 4) is 0 Å². The highest BCUT2D eigenvalue weighted by atomic mass is 19.1. The second kappa shape index (κ2) is 5.11. The lowest BCUT2D eigenvalue weighted by Crippen LogP contribution is -2.25. The summed E-state index contributed by atoms with van der Waals surface area (Å²) in [7, 11) is 0. The molecule has 1 aromatic carbocycles. The van der Waals surface area contributed by atoms with Crippen molar-refractivity contribution in [1.29, 1.82) is 0 Å². The van der Waals surface area contributed by atoms with Gasteiger partial charge in [0, 0.05) is 19.0 Å². The fourth-order valence-corrected chi connectivity index (χ4v) is 2.29. The Morgan fingerprint density at radius 3 is 3.05 bits per heavy atom. The van der Waals surface area contributed by atoms with Gasteiger partial charge >= 0.3 is 0 Å². The molecule has 106 valence electrons. The van der Waals surface area contributed by atoms with Gasteiger partial charge in [-0.1, -0.05) is 6.07 Å². The molecule has 0 atom stereocenters. The van der Waals surface area contributed by atoms with Gasteiger partial charge in [0.2, 0.25) is 11.9 Å². The van der Waals surface area contributed by atoms with Crippen molar-refractivity contribution in [1.82, 2.24) is 14.9 Å². The Morgan fingerprint density at radius 1 is 1.50 bits per heavy atom. The molecule has 0 radical (unpaired) electrons. The molecule has 0 spiro atoms. The van der Waals surface area contributed by atoms with Gasteiger partial charge in [0.1, 0.15) is 5.52 Å². The Kier molecular flexibility index (Phi) is 3.30. The number of rotatable bonds is 5. The number of imidazole rings is 1. The van der Waals surface area contributed by atoms with Crippen LogP contribution < -0.4 is 11.1 Å². The maximum atomic E-state index is 13.6. The van der Waals surface area contributed by atoms with Crippen LogP contribution in [0.1, 0.15) is 25.7 Å². The van der Waals surface area contributed by atoms with E-state index in [0.717, 1.165) is 12.8 Å². The van der Waals surface area contributed by atoms with Gasteiger partial charge in [-0.3, -0.25) is 4.79 Å². The number of anilines is 1. The Bertz CT molecular complexity index is 648. The molecule has 2 aromatic rings. The number of aryl methyl sites for hydroxylation is 1. The van der Waals surface area contributed by atoms with E-state index in [0.29, 0.717) is 30.9 Å². The third-order valence-corrected chi connectivity index (χ3v) is 3.49. The molecule has 1 aliphatic rings. The van der Waals surface area contributed by atoms with Crippen LogP contribution in [0.15, 0.2) is 18.2 Å². The zero-order valence-electron chi connectivity index (χ0n) is 11.1. The number of nitrogen functional groups attached to an aromatic ring is 1. The van der Waals surface area contributed by atoms with E-state index < -0.39 is 0 Å². The summed E-state index contributed by atoms with van der Waals surface area (Å²) in [5, 5.41) is 2.94. The van der Waals surface area contributed by atoms with Gasteiger partial charge in [0.15, 0.2) is 5.82 Å². The summed E-state index contributed by atoms with van der Waals surface area (Å²) in [6, 6.07) is 5.17. The van der Waals surface area contributed by atoms with E-state index in [1.807, 2.05) is 0 Å². The van der Waals surface area contributed by atoms with Crippen molar-refractivity contribution < 1.29 is 9.18 Å². The average molecular weight is 276 g/mol. The van der Waals surface area contributed by atoms with E-state index in [-0.39, 0.29) is 23.2 Å². The highest BCUT2D eigenvalue weighted by Crippen LogP contribution is 2.21. The molecular weight excluding hydrogens is 259 g/mol. The zero-order valence-corrected chi connectivity index (χ0v) is 11.1. The van der Waals surface area contributed by atoms with E-state index in [2.05, 4.69) is 10.3 Å². The monoisotopic (exact) mass is 276 g/mol. The minimum absolute atomic E-state index is 0.0710. The number of nitrogens with two attached hydrogens (primary N) is 1. The number of hydrogen-bond acceptors (Lipinski definition) is 3. The van der Waals surface area contributed by atoms with Crippen LogP contribution in [0.25, 0.3) is 11.0 Å². The van der Waals surface area contributed by atoms with E-state index in [9.17, 15) is 9.18 Å². The molecule has 0 saturated heterocycles. The van der Waals surface area contributed by atoms with Gasteiger partial charge in [-0.25, -0.2) is 9.37 Å². The number of hydrogen-bond donors (Lipinski definition) is 2. The molecule has 3 rings (SSSR count). The van der Waals surface area contributed by atoms with Gasteiger partial charge < -0.3 is 15.6 Å². The van der Waals surface area contributed by atoms with Crippen LogP contribution in [-0.2, 0) is 11.3 Å². The summed E-state index contributed by atoms with van der Waals surface area (Å²) in [5.41, 5.74) is 6.77. The lowest BCUT2D eigenvalue weighted by atomic mass is 10.2. The smallest absolute Gasteiger partial charge is 0.220 e. The number of halogens is 1. The quantitative estimate of drug-likeness (QED) is 0.874. The summed E-state index contributed by atoms with van der Waals surface area (Å²) in [6.07, 6.45) is 3.28. The Balaban J connectivity index is 1.66. The lowest BCUT2D eigenvalue weighted by molar-refractivity contribution is -0.121. The van der Waals surface area contributed by atoms with Crippen molar-refractivity contribution in [2.75, 3.05) is 5.73 Å². The molecule has 5 nitrogen and oxygen atoms in total. The van der Waals surface area contributed by atoms with Crippen LogP contribution >= 0.6 is 0 Å². The molecule has 0 aliphatic heterocycles. The third-order valence-electron chi connectivity index (χ3n) is 3.49. The van der Waals surface area contributed by atoms with E-state index >= 15 is 0 Å². The first kappa shape index (κ1) is 12.9. The van der Waals surface area contributed by atoms with Crippen LogP contribution in [0.3, 0.4) is 0 Å². The predicted molar refractivity (Wildman–Crippen MR) is 74.5 cm³/mol. The molecule has 6 heteroatoms. The largest absolute Gasteiger partial charge is 0.369 e. The maximum absolute atomic E-state index is 13.6. The van der Waals surface area contributed by atoms with E-state index in [1.54, 1.807) is 16.7 Å². The second-order valence-corrected chi connectivity index (χ2v) is 5.17. The number of para-hydroxylation sites is 1. The van der Waals surface area contributed by atoms with Gasteiger partial charge in [0.25, 0.3) is 0 Å². The molecule has 1 aliphatic carbocycles. The van der Waals surface area contributed by atoms with Crippen molar-refractivity contribution >= 4 is 22.9 Å². The van der Waals surface area contributed by atoms with Crippen molar-refractivity contribution in [3.63, 3.8) is 0 Å². The van der Waals surface area contributed by atoms with Crippen molar-refractivity contribution in [3.05, 3.63) is 24.0 Å². The summed E-state index contributed by atoms with van der Waals surface area (Å²) < 4.78 is 15.3. The summed E-state index contributed by atoms with van der Waals surface area (Å²) in [5.74, 6) is -0.0196. The van der Waals surface area contributed by atoms with Crippen LogP contribution in [0.4, 0.5) is 10.3 Å². The highest BCUT2D eigenvalue weighted by molar-refractivity contribution is 5.79. The van der Waals surface area contributed by atoms with Gasteiger partial charge in [-0.05, 0) is 31.4 Å². The molecule has 0 unspecified atom stereocenters. The van der Waals surface area contributed by atoms with Crippen LogP contribution in [-0.4, -0.2) is 21.5 Å². The fraction of sp³-hybridized carbons (Fsp3) is 0.429. The molecule has 1 heterocycles. The Labute approximate surface area is 116 Å². The minimum Gasteiger partial charge on any atom is -0.369 e. The predicted octanol–water partition coefficient (Wildman–Crippen LogP) is 1.82. The zero-order chi connectivity index (χ0) is 14.1. The standard InChI is InChI=1S/C14H17FN4O/c15-10-3-1-4-11-13(10)18-14(16)19(11)8-2-5-12(20)17-9-6-7-9/h1,3-4,9H,2,5-8H2,(H2,16,18)(H,17,20). The molecule has 0 bridgehead atoms. The highest BCUT2D eigenvalue weighted by Gasteiger charge is 2.22. The van der Waals surface area contributed by atoms with Gasteiger partial charge in [-0.15, -0.1) is 0 Å². The lowest BCUT2D eigenvalue weighted by Gasteiger charge is -2.07. The van der Waals surface area contributed by atoms with E-state index in [1.165, 1.54) is 6.07 Å². The number of amides is 1. The average Bonchev–Trinajstić information content (AvgIpc) is 3.15. The molecule has 3 N–H and O–H groups in total. The second-order valence-electron chi connectivity index (χ2n) is 5.17.